The Morgan fingerprint density at radius 3 is 2.48 bits per heavy atom. The van der Waals surface area contributed by atoms with Crippen LogP contribution in [0.25, 0.3) is 16.9 Å². The second-order valence-electron chi connectivity index (χ2n) is 6.79. The molecule has 0 spiro atoms. The van der Waals surface area contributed by atoms with Crippen LogP contribution in [0.5, 0.6) is 0 Å². The zero-order valence-corrected chi connectivity index (χ0v) is 16.3. The van der Waals surface area contributed by atoms with Gasteiger partial charge in [0.2, 0.25) is 0 Å². The number of nitrogens with zero attached hydrogens (tertiary/aromatic N) is 4. The Hall–Kier alpha value is -3.80. The van der Waals surface area contributed by atoms with E-state index in [9.17, 15) is 4.79 Å². The predicted octanol–water partition coefficient (Wildman–Crippen LogP) is 3.88. The smallest absolute Gasteiger partial charge is 0.253 e. The lowest BCUT2D eigenvalue weighted by Gasteiger charge is -2.08. The quantitative estimate of drug-likeness (QED) is 0.568. The molecule has 3 heterocycles. The fourth-order valence-electron chi connectivity index (χ4n) is 3.20. The maximum atomic E-state index is 12.7. The number of carbonyl (C=O) groups is 1. The summed E-state index contributed by atoms with van der Waals surface area (Å²) in [6.07, 6.45) is 5.42. The van der Waals surface area contributed by atoms with E-state index < -0.39 is 0 Å². The largest absolute Gasteiger partial charge is 0.348 e. The summed E-state index contributed by atoms with van der Waals surface area (Å²) in [4.78, 5) is 21.1. The molecular weight excluding hydrogens is 362 g/mol. The predicted molar refractivity (Wildman–Crippen MR) is 112 cm³/mol. The summed E-state index contributed by atoms with van der Waals surface area (Å²) in [5.41, 5.74) is 5.84. The van der Waals surface area contributed by atoms with Gasteiger partial charge in [-0.05, 0) is 50.2 Å². The van der Waals surface area contributed by atoms with Crippen LogP contribution in [-0.2, 0) is 6.54 Å². The average molecular weight is 383 g/mol. The number of carbonyl (C=O) groups excluding carboxylic acids is 1. The Labute approximate surface area is 169 Å². The van der Waals surface area contributed by atoms with Crippen LogP contribution >= 0.6 is 0 Å². The molecule has 0 fully saturated rings. The second-order valence-corrected chi connectivity index (χ2v) is 6.79. The first kappa shape index (κ1) is 18.6. The zero-order chi connectivity index (χ0) is 20.2. The van der Waals surface area contributed by atoms with E-state index in [0.717, 1.165) is 33.9 Å². The Bertz CT molecular complexity index is 1140. The van der Waals surface area contributed by atoms with Gasteiger partial charge in [-0.2, -0.15) is 5.10 Å². The SMILES string of the molecule is Cc1ccc(C(=O)NCc2cn(-c3ccccc3)nc2-c2ccncc2)c(C)n1. The third-order valence-electron chi connectivity index (χ3n) is 4.67. The van der Waals surface area contributed by atoms with Gasteiger partial charge in [0.15, 0.2) is 0 Å². The maximum Gasteiger partial charge on any atom is 0.253 e. The number of aryl methyl sites for hydroxylation is 2. The third-order valence-corrected chi connectivity index (χ3v) is 4.67. The fourth-order valence-corrected chi connectivity index (χ4v) is 3.20. The van der Waals surface area contributed by atoms with E-state index in [4.69, 9.17) is 5.10 Å². The van der Waals surface area contributed by atoms with Crippen LogP contribution in [-0.4, -0.2) is 25.7 Å². The highest BCUT2D eigenvalue weighted by atomic mass is 16.1. The summed E-state index contributed by atoms with van der Waals surface area (Å²) < 4.78 is 1.83. The molecule has 0 bridgehead atoms. The lowest BCUT2D eigenvalue weighted by Crippen LogP contribution is -2.24. The molecule has 4 aromatic rings. The molecule has 0 radical (unpaired) electrons. The molecule has 4 rings (SSSR count). The van der Waals surface area contributed by atoms with Crippen LogP contribution in [0.3, 0.4) is 0 Å². The molecular formula is C23H21N5O. The molecule has 3 aromatic heterocycles. The minimum absolute atomic E-state index is 0.150. The van der Waals surface area contributed by atoms with Crippen molar-refractivity contribution >= 4 is 5.91 Å². The number of amides is 1. The van der Waals surface area contributed by atoms with Crippen molar-refractivity contribution in [1.29, 1.82) is 0 Å². The standard InChI is InChI=1S/C23H21N5O/c1-16-8-9-21(17(2)26-16)23(29)25-14-19-15-28(20-6-4-3-5-7-20)27-22(19)18-10-12-24-13-11-18/h3-13,15H,14H2,1-2H3,(H,25,29). The monoisotopic (exact) mass is 383 g/mol. The average Bonchev–Trinajstić information content (AvgIpc) is 3.18. The van der Waals surface area contributed by atoms with Crippen LogP contribution in [0.2, 0.25) is 0 Å². The lowest BCUT2D eigenvalue weighted by molar-refractivity contribution is 0.0950. The number of rotatable bonds is 5. The van der Waals surface area contributed by atoms with Crippen LogP contribution in [0.1, 0.15) is 27.3 Å². The van der Waals surface area contributed by atoms with Crippen molar-refractivity contribution < 1.29 is 4.79 Å². The van der Waals surface area contributed by atoms with E-state index >= 15 is 0 Å². The van der Waals surface area contributed by atoms with E-state index in [1.54, 1.807) is 12.4 Å². The minimum Gasteiger partial charge on any atom is -0.348 e. The molecule has 0 saturated heterocycles. The van der Waals surface area contributed by atoms with Gasteiger partial charge in [0.1, 0.15) is 0 Å². The number of aromatic nitrogens is 4. The summed E-state index contributed by atoms with van der Waals surface area (Å²) in [7, 11) is 0. The van der Waals surface area contributed by atoms with Crippen LogP contribution in [0, 0.1) is 13.8 Å². The number of para-hydroxylation sites is 1. The minimum atomic E-state index is -0.150. The maximum absolute atomic E-state index is 12.7. The molecule has 29 heavy (non-hydrogen) atoms. The van der Waals surface area contributed by atoms with Crippen molar-refractivity contribution in [3.05, 3.63) is 95.7 Å². The molecule has 0 saturated carbocycles. The Morgan fingerprint density at radius 2 is 1.76 bits per heavy atom. The van der Waals surface area contributed by atoms with E-state index in [-0.39, 0.29) is 5.91 Å². The third kappa shape index (κ3) is 4.06. The summed E-state index contributed by atoms with van der Waals surface area (Å²) in [5.74, 6) is -0.150. The normalized spacial score (nSPS) is 10.7. The van der Waals surface area contributed by atoms with Gasteiger partial charge in [0.05, 0.1) is 22.6 Å². The lowest BCUT2D eigenvalue weighted by atomic mass is 10.1. The number of pyridine rings is 2. The molecule has 6 heteroatoms. The zero-order valence-electron chi connectivity index (χ0n) is 16.3. The van der Waals surface area contributed by atoms with Gasteiger partial charge in [0.25, 0.3) is 5.91 Å². The molecule has 1 aromatic carbocycles. The number of benzene rings is 1. The van der Waals surface area contributed by atoms with Crippen molar-refractivity contribution in [3.8, 4) is 16.9 Å². The first-order valence-corrected chi connectivity index (χ1v) is 9.38. The summed E-state index contributed by atoms with van der Waals surface area (Å²) in [5, 5.41) is 7.76. The Balaban J connectivity index is 1.63. The molecule has 0 aliphatic heterocycles. The van der Waals surface area contributed by atoms with Gasteiger partial charge in [-0.15, -0.1) is 0 Å². The van der Waals surface area contributed by atoms with Crippen molar-refractivity contribution in [2.75, 3.05) is 0 Å². The molecule has 144 valence electrons. The topological polar surface area (TPSA) is 72.7 Å². The van der Waals surface area contributed by atoms with E-state index in [1.807, 2.05) is 79.3 Å². The first-order valence-electron chi connectivity index (χ1n) is 9.38. The molecule has 1 amide bonds. The Morgan fingerprint density at radius 1 is 1.00 bits per heavy atom. The Kier molecular flexibility index (Phi) is 5.16. The highest BCUT2D eigenvalue weighted by molar-refractivity contribution is 5.95. The van der Waals surface area contributed by atoms with Gasteiger partial charge in [-0.1, -0.05) is 18.2 Å². The van der Waals surface area contributed by atoms with Gasteiger partial charge in [0, 0.05) is 42.0 Å². The second kappa shape index (κ2) is 8.06. The van der Waals surface area contributed by atoms with Crippen molar-refractivity contribution in [1.82, 2.24) is 25.1 Å². The van der Waals surface area contributed by atoms with Crippen molar-refractivity contribution in [3.63, 3.8) is 0 Å². The van der Waals surface area contributed by atoms with Crippen LogP contribution < -0.4 is 5.32 Å². The molecule has 6 nitrogen and oxygen atoms in total. The van der Waals surface area contributed by atoms with Crippen molar-refractivity contribution in [2.24, 2.45) is 0 Å². The van der Waals surface area contributed by atoms with Gasteiger partial charge in [-0.25, -0.2) is 4.68 Å². The number of hydrogen-bond donors (Lipinski definition) is 1. The van der Waals surface area contributed by atoms with Crippen molar-refractivity contribution in [2.45, 2.75) is 20.4 Å². The highest BCUT2D eigenvalue weighted by Gasteiger charge is 2.15. The molecule has 1 N–H and O–H groups in total. The number of nitrogens with one attached hydrogen (secondary N) is 1. The molecule has 0 unspecified atom stereocenters. The summed E-state index contributed by atoms with van der Waals surface area (Å²) in [6, 6.07) is 17.4. The molecule has 0 aliphatic rings. The van der Waals surface area contributed by atoms with Gasteiger partial charge in [-0.3, -0.25) is 14.8 Å². The highest BCUT2D eigenvalue weighted by Crippen LogP contribution is 2.23. The molecule has 0 atom stereocenters. The van der Waals surface area contributed by atoms with E-state index in [0.29, 0.717) is 12.1 Å². The molecule has 0 aliphatic carbocycles. The van der Waals surface area contributed by atoms with E-state index in [2.05, 4.69) is 15.3 Å². The first-order chi connectivity index (χ1) is 14.1. The van der Waals surface area contributed by atoms with E-state index in [1.165, 1.54) is 0 Å². The van der Waals surface area contributed by atoms with Gasteiger partial charge >= 0.3 is 0 Å². The summed E-state index contributed by atoms with van der Waals surface area (Å²) >= 11 is 0. The van der Waals surface area contributed by atoms with Crippen LogP contribution in [0.4, 0.5) is 0 Å². The fraction of sp³-hybridized carbons (Fsp3) is 0.130. The number of hydrogen-bond acceptors (Lipinski definition) is 4. The van der Waals surface area contributed by atoms with Crippen LogP contribution in [0.15, 0.2) is 73.2 Å². The van der Waals surface area contributed by atoms with Gasteiger partial charge < -0.3 is 5.32 Å². The summed E-state index contributed by atoms with van der Waals surface area (Å²) in [6.45, 7) is 4.11.